The quantitative estimate of drug-likeness (QED) is 0.671. The van der Waals surface area contributed by atoms with Crippen LogP contribution in [0.2, 0.25) is 0 Å². The van der Waals surface area contributed by atoms with Crippen LogP contribution in [0.15, 0.2) is 30.3 Å². The van der Waals surface area contributed by atoms with Gasteiger partial charge in [-0.3, -0.25) is 0 Å². The minimum atomic E-state index is -0.994. The predicted octanol–water partition coefficient (Wildman–Crippen LogP) is 2.73. The van der Waals surface area contributed by atoms with Crippen molar-refractivity contribution < 1.29 is 9.13 Å². The summed E-state index contributed by atoms with van der Waals surface area (Å²) in [4.78, 5) is 0. The van der Waals surface area contributed by atoms with Gasteiger partial charge in [-0.15, -0.1) is 0 Å². The molecule has 1 rings (SSSR count). The molecule has 1 atom stereocenters. The average Bonchev–Trinajstić information content (AvgIpc) is 2.15. The van der Waals surface area contributed by atoms with E-state index in [4.69, 9.17) is 4.74 Å². The Balaban J connectivity index is 2.48. The maximum atomic E-state index is 13.2. The minimum Gasteiger partial charge on any atom is -0.378 e. The molecule has 0 aliphatic rings. The zero-order chi connectivity index (χ0) is 8.81. The lowest BCUT2D eigenvalue weighted by molar-refractivity contribution is 0.0897. The third kappa shape index (κ3) is 2.62. The zero-order valence-corrected chi connectivity index (χ0v) is 7.16. The Hall–Kier alpha value is -0.890. The largest absolute Gasteiger partial charge is 0.378 e. The first-order chi connectivity index (χ1) is 5.84. The van der Waals surface area contributed by atoms with Gasteiger partial charge in [0.2, 0.25) is 0 Å². The van der Waals surface area contributed by atoms with Gasteiger partial charge >= 0.3 is 0 Å². The van der Waals surface area contributed by atoms with Crippen molar-refractivity contribution >= 4 is 0 Å². The van der Waals surface area contributed by atoms with E-state index in [0.717, 1.165) is 0 Å². The molecular weight excluding hydrogens is 155 g/mol. The third-order valence-corrected chi connectivity index (χ3v) is 1.63. The summed E-state index contributed by atoms with van der Waals surface area (Å²) in [5.41, 5.74) is 0.686. The molecule has 66 valence electrons. The van der Waals surface area contributed by atoms with Crippen molar-refractivity contribution in [2.24, 2.45) is 0 Å². The summed E-state index contributed by atoms with van der Waals surface area (Å²) in [6, 6.07) is 9.06. The fourth-order valence-electron chi connectivity index (χ4n) is 0.979. The van der Waals surface area contributed by atoms with Gasteiger partial charge in [0.25, 0.3) is 0 Å². The Morgan fingerprint density at radius 1 is 1.33 bits per heavy atom. The molecule has 0 radical (unpaired) electrons. The van der Waals surface area contributed by atoms with Gasteiger partial charge in [-0.1, -0.05) is 30.3 Å². The van der Waals surface area contributed by atoms with Gasteiger partial charge in [0.1, 0.15) is 6.17 Å². The first-order valence-electron chi connectivity index (χ1n) is 4.11. The van der Waals surface area contributed by atoms with E-state index < -0.39 is 6.17 Å². The highest BCUT2D eigenvalue weighted by Crippen LogP contribution is 2.16. The zero-order valence-electron chi connectivity index (χ0n) is 7.16. The summed E-state index contributed by atoms with van der Waals surface area (Å²) in [5, 5.41) is 0. The Labute approximate surface area is 72.2 Å². The smallest absolute Gasteiger partial charge is 0.148 e. The Bertz CT molecular complexity index is 210. The van der Waals surface area contributed by atoms with Crippen molar-refractivity contribution in [3.8, 4) is 0 Å². The molecule has 0 aliphatic heterocycles. The highest BCUT2D eigenvalue weighted by molar-refractivity contribution is 5.17. The summed E-state index contributed by atoms with van der Waals surface area (Å²) in [6.07, 6.45) is -0.994. The maximum Gasteiger partial charge on any atom is 0.148 e. The molecular formula is C10H13FO. The van der Waals surface area contributed by atoms with Crippen LogP contribution in [-0.2, 0) is 4.74 Å². The number of alkyl halides is 1. The number of hydrogen-bond acceptors (Lipinski definition) is 1. The average molecular weight is 168 g/mol. The molecule has 0 amide bonds. The lowest BCUT2D eigenvalue weighted by Crippen LogP contribution is -2.02. The van der Waals surface area contributed by atoms with Crippen molar-refractivity contribution in [2.75, 3.05) is 13.2 Å². The van der Waals surface area contributed by atoms with Crippen LogP contribution < -0.4 is 0 Å². The number of ether oxygens (including phenoxy) is 1. The predicted molar refractivity (Wildman–Crippen MR) is 46.8 cm³/mol. The van der Waals surface area contributed by atoms with Crippen LogP contribution in [0.3, 0.4) is 0 Å². The summed E-state index contributed by atoms with van der Waals surface area (Å²) in [7, 11) is 0. The molecule has 0 bridgehead atoms. The van der Waals surface area contributed by atoms with Gasteiger partial charge < -0.3 is 4.74 Å². The van der Waals surface area contributed by atoms with E-state index in [0.29, 0.717) is 12.2 Å². The molecule has 2 heteroatoms. The first-order valence-corrected chi connectivity index (χ1v) is 4.11. The molecule has 0 N–H and O–H groups in total. The first kappa shape index (κ1) is 9.20. The van der Waals surface area contributed by atoms with E-state index in [9.17, 15) is 4.39 Å². The second-order valence-corrected chi connectivity index (χ2v) is 2.54. The van der Waals surface area contributed by atoms with Crippen molar-refractivity contribution in [1.82, 2.24) is 0 Å². The van der Waals surface area contributed by atoms with Crippen molar-refractivity contribution in [3.05, 3.63) is 35.9 Å². The van der Waals surface area contributed by atoms with Crippen LogP contribution in [0.25, 0.3) is 0 Å². The fraction of sp³-hybridized carbons (Fsp3) is 0.400. The molecule has 1 unspecified atom stereocenters. The lowest BCUT2D eigenvalue weighted by atomic mass is 10.1. The van der Waals surface area contributed by atoms with E-state index in [1.54, 1.807) is 12.1 Å². The summed E-state index contributed by atoms with van der Waals surface area (Å²) < 4.78 is 18.2. The summed E-state index contributed by atoms with van der Waals surface area (Å²) in [5.74, 6) is 0. The van der Waals surface area contributed by atoms with Crippen LogP contribution >= 0.6 is 0 Å². The molecule has 1 aromatic rings. The Morgan fingerprint density at radius 3 is 2.58 bits per heavy atom. The van der Waals surface area contributed by atoms with Crippen LogP contribution in [-0.4, -0.2) is 13.2 Å². The molecule has 0 heterocycles. The van der Waals surface area contributed by atoms with E-state index in [1.807, 2.05) is 25.1 Å². The second kappa shape index (κ2) is 4.88. The third-order valence-electron chi connectivity index (χ3n) is 1.63. The van der Waals surface area contributed by atoms with Crippen LogP contribution in [0.4, 0.5) is 4.39 Å². The van der Waals surface area contributed by atoms with E-state index >= 15 is 0 Å². The van der Waals surface area contributed by atoms with Crippen molar-refractivity contribution in [1.29, 1.82) is 0 Å². The summed E-state index contributed by atoms with van der Waals surface area (Å²) >= 11 is 0. The minimum absolute atomic E-state index is 0.153. The van der Waals surface area contributed by atoms with Crippen LogP contribution in [0.1, 0.15) is 18.7 Å². The monoisotopic (exact) mass is 168 g/mol. The van der Waals surface area contributed by atoms with E-state index in [-0.39, 0.29) is 6.61 Å². The SMILES string of the molecule is CCOCC(F)c1ccccc1. The van der Waals surface area contributed by atoms with Gasteiger partial charge in [0.15, 0.2) is 0 Å². The van der Waals surface area contributed by atoms with Crippen molar-refractivity contribution in [2.45, 2.75) is 13.1 Å². The number of halogens is 1. The molecule has 0 aromatic heterocycles. The highest BCUT2D eigenvalue weighted by atomic mass is 19.1. The molecule has 0 saturated carbocycles. The maximum absolute atomic E-state index is 13.2. The number of hydrogen-bond donors (Lipinski definition) is 0. The van der Waals surface area contributed by atoms with Crippen LogP contribution in [0, 0.1) is 0 Å². The Morgan fingerprint density at radius 2 is 2.00 bits per heavy atom. The molecule has 0 fully saturated rings. The Kier molecular flexibility index (Phi) is 3.74. The van der Waals surface area contributed by atoms with Gasteiger partial charge in [-0.05, 0) is 12.5 Å². The van der Waals surface area contributed by atoms with Crippen LogP contribution in [0.5, 0.6) is 0 Å². The van der Waals surface area contributed by atoms with Gasteiger partial charge in [0.05, 0.1) is 6.61 Å². The summed E-state index contributed by atoms with van der Waals surface area (Å²) in [6.45, 7) is 2.57. The van der Waals surface area contributed by atoms with E-state index in [1.165, 1.54) is 0 Å². The van der Waals surface area contributed by atoms with Crippen molar-refractivity contribution in [3.63, 3.8) is 0 Å². The second-order valence-electron chi connectivity index (χ2n) is 2.54. The fourth-order valence-corrected chi connectivity index (χ4v) is 0.979. The molecule has 1 aromatic carbocycles. The lowest BCUT2D eigenvalue weighted by Gasteiger charge is -2.07. The normalized spacial score (nSPS) is 12.8. The van der Waals surface area contributed by atoms with E-state index in [2.05, 4.69) is 0 Å². The molecule has 0 spiro atoms. The molecule has 1 nitrogen and oxygen atoms in total. The topological polar surface area (TPSA) is 9.23 Å². The standard InChI is InChI=1S/C10H13FO/c1-2-12-8-10(11)9-6-4-3-5-7-9/h3-7,10H,2,8H2,1H3. The molecule has 0 aliphatic carbocycles. The molecule has 0 saturated heterocycles. The van der Waals surface area contributed by atoms with Gasteiger partial charge in [-0.2, -0.15) is 0 Å². The van der Waals surface area contributed by atoms with Gasteiger partial charge in [-0.25, -0.2) is 4.39 Å². The highest BCUT2D eigenvalue weighted by Gasteiger charge is 2.07. The van der Waals surface area contributed by atoms with Gasteiger partial charge in [0, 0.05) is 6.61 Å². The number of benzene rings is 1. The molecule has 12 heavy (non-hydrogen) atoms. The number of rotatable bonds is 4.